The molecule has 0 atom stereocenters. The van der Waals surface area contributed by atoms with E-state index in [9.17, 15) is 0 Å². The Kier molecular flexibility index (Phi) is 6.36. The van der Waals surface area contributed by atoms with Crippen LogP contribution in [0.25, 0.3) is 0 Å². The second-order valence-corrected chi connectivity index (χ2v) is 8.12. The SMILES string of the molecule is Cc1ncsc1CN(C)Cc1ccc(CNCC(C)C)s1. The van der Waals surface area contributed by atoms with Crippen molar-refractivity contribution in [2.75, 3.05) is 13.6 Å². The first-order valence-electron chi connectivity index (χ1n) is 7.40. The smallest absolute Gasteiger partial charge is 0.0798 e. The lowest BCUT2D eigenvalue weighted by molar-refractivity contribution is 0.324. The molecule has 0 aliphatic heterocycles. The Morgan fingerprint density at radius 1 is 1.24 bits per heavy atom. The van der Waals surface area contributed by atoms with Crippen LogP contribution in [0, 0.1) is 12.8 Å². The van der Waals surface area contributed by atoms with Gasteiger partial charge in [0.25, 0.3) is 0 Å². The van der Waals surface area contributed by atoms with Crippen molar-refractivity contribution in [1.82, 2.24) is 15.2 Å². The lowest BCUT2D eigenvalue weighted by atomic mass is 10.2. The first kappa shape index (κ1) is 16.6. The molecule has 116 valence electrons. The molecule has 5 heteroatoms. The third kappa shape index (κ3) is 5.51. The molecule has 2 rings (SSSR count). The number of nitrogens with zero attached hydrogens (tertiary/aromatic N) is 2. The number of rotatable bonds is 8. The molecule has 0 spiro atoms. The van der Waals surface area contributed by atoms with E-state index in [0.717, 1.165) is 31.9 Å². The van der Waals surface area contributed by atoms with Gasteiger partial charge in [0.05, 0.1) is 11.2 Å². The van der Waals surface area contributed by atoms with Crippen molar-refractivity contribution in [2.45, 2.75) is 40.4 Å². The molecule has 0 aliphatic carbocycles. The molecule has 0 aromatic carbocycles. The Morgan fingerprint density at radius 2 is 2.00 bits per heavy atom. The third-order valence-corrected chi connectivity index (χ3v) is 5.24. The van der Waals surface area contributed by atoms with Crippen molar-refractivity contribution in [2.24, 2.45) is 5.92 Å². The monoisotopic (exact) mass is 323 g/mol. The number of aryl methyl sites for hydroxylation is 1. The molecule has 2 aromatic heterocycles. The van der Waals surface area contributed by atoms with Crippen molar-refractivity contribution >= 4 is 22.7 Å². The van der Waals surface area contributed by atoms with Crippen LogP contribution >= 0.6 is 22.7 Å². The average Bonchev–Trinajstić information content (AvgIpc) is 3.00. The molecule has 0 aliphatic rings. The minimum atomic E-state index is 0.707. The average molecular weight is 324 g/mol. The van der Waals surface area contributed by atoms with Crippen LogP contribution in [-0.4, -0.2) is 23.5 Å². The summed E-state index contributed by atoms with van der Waals surface area (Å²) in [5, 5.41) is 3.50. The zero-order valence-corrected chi connectivity index (χ0v) is 15.0. The van der Waals surface area contributed by atoms with E-state index < -0.39 is 0 Å². The van der Waals surface area contributed by atoms with Gasteiger partial charge in [0.1, 0.15) is 0 Å². The molecule has 0 saturated carbocycles. The molecule has 0 saturated heterocycles. The van der Waals surface area contributed by atoms with E-state index in [0.29, 0.717) is 5.92 Å². The molecular weight excluding hydrogens is 298 g/mol. The molecule has 0 fully saturated rings. The van der Waals surface area contributed by atoms with E-state index in [-0.39, 0.29) is 0 Å². The summed E-state index contributed by atoms with van der Waals surface area (Å²) in [4.78, 5) is 10.9. The van der Waals surface area contributed by atoms with E-state index in [1.807, 2.05) is 16.8 Å². The number of hydrogen-bond donors (Lipinski definition) is 1. The predicted octanol–water partition coefficient (Wildman–Crippen LogP) is 3.89. The molecule has 2 aromatic rings. The quantitative estimate of drug-likeness (QED) is 0.799. The number of aromatic nitrogens is 1. The predicted molar refractivity (Wildman–Crippen MR) is 92.9 cm³/mol. The molecule has 1 N–H and O–H groups in total. The first-order chi connectivity index (χ1) is 10.0. The third-order valence-electron chi connectivity index (χ3n) is 3.25. The highest BCUT2D eigenvalue weighted by Gasteiger charge is 2.08. The molecule has 3 nitrogen and oxygen atoms in total. The highest BCUT2D eigenvalue weighted by Crippen LogP contribution is 2.20. The van der Waals surface area contributed by atoms with Gasteiger partial charge in [-0.1, -0.05) is 13.8 Å². The molecule has 0 radical (unpaired) electrons. The van der Waals surface area contributed by atoms with E-state index in [2.05, 4.69) is 55.2 Å². The largest absolute Gasteiger partial charge is 0.312 e. The van der Waals surface area contributed by atoms with Crippen LogP contribution in [0.1, 0.15) is 34.2 Å². The van der Waals surface area contributed by atoms with Gasteiger partial charge in [0.15, 0.2) is 0 Å². The fourth-order valence-corrected chi connectivity index (χ4v) is 4.06. The van der Waals surface area contributed by atoms with Gasteiger partial charge in [-0.2, -0.15) is 0 Å². The molecule has 0 unspecified atom stereocenters. The van der Waals surface area contributed by atoms with E-state index >= 15 is 0 Å². The standard InChI is InChI=1S/C16H25N3S2/c1-12(2)7-17-8-14-5-6-15(21-14)9-19(4)10-16-13(3)18-11-20-16/h5-6,11-12,17H,7-10H2,1-4H3. The zero-order chi connectivity index (χ0) is 15.2. The number of thiophene rings is 1. The fourth-order valence-electron chi connectivity index (χ4n) is 2.13. The number of thiazole rings is 1. The molecule has 0 amide bonds. The minimum absolute atomic E-state index is 0.707. The maximum atomic E-state index is 4.31. The topological polar surface area (TPSA) is 28.2 Å². The van der Waals surface area contributed by atoms with Crippen molar-refractivity contribution in [3.05, 3.63) is 38.0 Å². The molecule has 0 bridgehead atoms. The van der Waals surface area contributed by atoms with Crippen molar-refractivity contribution in [3.63, 3.8) is 0 Å². The summed E-state index contributed by atoms with van der Waals surface area (Å²) in [5.41, 5.74) is 3.10. The maximum Gasteiger partial charge on any atom is 0.0798 e. The summed E-state index contributed by atoms with van der Waals surface area (Å²) in [5.74, 6) is 0.707. The number of nitrogens with one attached hydrogen (secondary N) is 1. The Labute approximate surface area is 136 Å². The van der Waals surface area contributed by atoms with Crippen LogP contribution < -0.4 is 5.32 Å². The maximum absolute atomic E-state index is 4.31. The molecule has 2 heterocycles. The van der Waals surface area contributed by atoms with Crippen LogP contribution in [-0.2, 0) is 19.6 Å². The highest BCUT2D eigenvalue weighted by molar-refractivity contribution is 7.12. The van der Waals surface area contributed by atoms with Gasteiger partial charge >= 0.3 is 0 Å². The van der Waals surface area contributed by atoms with Crippen LogP contribution in [0.4, 0.5) is 0 Å². The summed E-state index contributed by atoms with van der Waals surface area (Å²) >= 11 is 3.66. The lowest BCUT2D eigenvalue weighted by Gasteiger charge is -2.14. The number of hydrogen-bond acceptors (Lipinski definition) is 5. The van der Waals surface area contributed by atoms with Crippen LogP contribution in [0.2, 0.25) is 0 Å². The lowest BCUT2D eigenvalue weighted by Crippen LogP contribution is -2.18. The molecular formula is C16H25N3S2. The van der Waals surface area contributed by atoms with E-state index in [1.54, 1.807) is 11.3 Å². The van der Waals surface area contributed by atoms with Gasteiger partial charge in [-0.05, 0) is 38.6 Å². The van der Waals surface area contributed by atoms with Gasteiger partial charge in [0, 0.05) is 34.3 Å². The summed E-state index contributed by atoms with van der Waals surface area (Å²) < 4.78 is 0. The van der Waals surface area contributed by atoms with E-state index in [4.69, 9.17) is 0 Å². The fraction of sp³-hybridized carbons (Fsp3) is 0.562. The van der Waals surface area contributed by atoms with Crippen LogP contribution in [0.3, 0.4) is 0 Å². The Morgan fingerprint density at radius 3 is 2.67 bits per heavy atom. The minimum Gasteiger partial charge on any atom is -0.312 e. The summed E-state index contributed by atoms with van der Waals surface area (Å²) in [6, 6.07) is 4.51. The second kappa shape index (κ2) is 8.03. The van der Waals surface area contributed by atoms with Crippen LogP contribution in [0.5, 0.6) is 0 Å². The van der Waals surface area contributed by atoms with Gasteiger partial charge in [-0.15, -0.1) is 22.7 Å². The summed E-state index contributed by atoms with van der Waals surface area (Å²) in [6.45, 7) is 10.6. The first-order valence-corrected chi connectivity index (χ1v) is 9.10. The normalized spacial score (nSPS) is 11.7. The second-order valence-electron chi connectivity index (χ2n) is 5.93. The summed E-state index contributed by atoms with van der Waals surface area (Å²) in [6.07, 6.45) is 0. The van der Waals surface area contributed by atoms with Gasteiger partial charge in [0.2, 0.25) is 0 Å². The Balaban J connectivity index is 1.80. The highest BCUT2D eigenvalue weighted by atomic mass is 32.1. The van der Waals surface area contributed by atoms with E-state index in [1.165, 1.54) is 14.6 Å². The molecule has 21 heavy (non-hydrogen) atoms. The van der Waals surface area contributed by atoms with Crippen molar-refractivity contribution in [1.29, 1.82) is 0 Å². The van der Waals surface area contributed by atoms with Gasteiger partial charge < -0.3 is 5.32 Å². The van der Waals surface area contributed by atoms with Crippen molar-refractivity contribution in [3.8, 4) is 0 Å². The van der Waals surface area contributed by atoms with Gasteiger partial charge in [-0.25, -0.2) is 4.98 Å². The zero-order valence-electron chi connectivity index (χ0n) is 13.3. The van der Waals surface area contributed by atoms with Crippen molar-refractivity contribution < 1.29 is 0 Å². The Bertz CT molecular complexity index is 545. The van der Waals surface area contributed by atoms with Gasteiger partial charge in [-0.3, -0.25) is 4.90 Å². The summed E-state index contributed by atoms with van der Waals surface area (Å²) in [7, 11) is 2.18. The van der Waals surface area contributed by atoms with Crippen LogP contribution in [0.15, 0.2) is 17.6 Å². The Hall–Kier alpha value is -0.750.